The molecule has 1 aromatic rings. The number of rotatable bonds is 5. The van der Waals surface area contributed by atoms with Gasteiger partial charge in [-0.05, 0) is 30.7 Å². The van der Waals surface area contributed by atoms with Gasteiger partial charge in [-0.25, -0.2) is 0 Å². The van der Waals surface area contributed by atoms with Crippen LogP contribution in [0.5, 0.6) is 0 Å². The molecule has 1 fully saturated rings. The number of nitrogens with one attached hydrogen (secondary N) is 1. The summed E-state index contributed by atoms with van der Waals surface area (Å²) >= 11 is 6.13. The Hall–Kier alpha value is -0.570. The Morgan fingerprint density at radius 2 is 1.95 bits per heavy atom. The molecule has 112 valence electrons. The molecule has 3 unspecified atom stereocenters. The van der Waals surface area contributed by atoms with Crippen LogP contribution in [0.15, 0.2) is 24.3 Å². The Morgan fingerprint density at radius 3 is 2.65 bits per heavy atom. The first-order valence-electron chi connectivity index (χ1n) is 7.75. The smallest absolute Gasteiger partial charge is 0.0928 e. The minimum Gasteiger partial charge on any atom is -0.387 e. The van der Waals surface area contributed by atoms with E-state index in [9.17, 15) is 5.11 Å². The first-order chi connectivity index (χ1) is 9.59. The highest BCUT2D eigenvalue weighted by Gasteiger charge is 2.27. The third-order valence-electron chi connectivity index (χ3n) is 4.51. The monoisotopic (exact) mass is 295 g/mol. The van der Waals surface area contributed by atoms with Gasteiger partial charge in [-0.3, -0.25) is 0 Å². The first-order valence-corrected chi connectivity index (χ1v) is 8.13. The van der Waals surface area contributed by atoms with Gasteiger partial charge in [-0.15, -0.1) is 0 Å². The van der Waals surface area contributed by atoms with Crippen LogP contribution in [0.3, 0.4) is 0 Å². The van der Waals surface area contributed by atoms with Crippen LogP contribution < -0.4 is 5.32 Å². The molecule has 0 heterocycles. The summed E-state index contributed by atoms with van der Waals surface area (Å²) in [5, 5.41) is 14.5. The molecule has 1 saturated carbocycles. The summed E-state index contributed by atoms with van der Waals surface area (Å²) in [6.45, 7) is 5.18. The van der Waals surface area contributed by atoms with Crippen LogP contribution >= 0.6 is 11.6 Å². The average Bonchev–Trinajstić information content (AvgIpc) is 2.45. The Balaban J connectivity index is 1.92. The fourth-order valence-electron chi connectivity index (χ4n) is 3.33. The predicted octanol–water partition coefficient (Wildman–Crippen LogP) is 4.18. The normalized spacial score (nSPS) is 24.9. The van der Waals surface area contributed by atoms with E-state index in [1.165, 1.54) is 25.7 Å². The third-order valence-corrected chi connectivity index (χ3v) is 4.86. The topological polar surface area (TPSA) is 32.3 Å². The lowest BCUT2D eigenvalue weighted by Gasteiger charge is -2.35. The summed E-state index contributed by atoms with van der Waals surface area (Å²) in [5.41, 5.74) is 0.818. The zero-order valence-electron chi connectivity index (χ0n) is 12.5. The van der Waals surface area contributed by atoms with Crippen LogP contribution in [0.2, 0.25) is 5.02 Å². The number of benzene rings is 1. The molecular formula is C17H26ClNO. The van der Waals surface area contributed by atoms with Gasteiger partial charge in [0.15, 0.2) is 0 Å². The second kappa shape index (κ2) is 7.44. The highest BCUT2D eigenvalue weighted by molar-refractivity contribution is 6.31. The van der Waals surface area contributed by atoms with E-state index in [1.54, 1.807) is 0 Å². The van der Waals surface area contributed by atoms with Crippen LogP contribution in [0, 0.1) is 11.8 Å². The molecular weight excluding hydrogens is 270 g/mol. The highest BCUT2D eigenvalue weighted by atomic mass is 35.5. The van der Waals surface area contributed by atoms with Crippen molar-refractivity contribution < 1.29 is 5.11 Å². The van der Waals surface area contributed by atoms with Crippen LogP contribution in [0.25, 0.3) is 0 Å². The lowest BCUT2D eigenvalue weighted by Crippen LogP contribution is -2.42. The summed E-state index contributed by atoms with van der Waals surface area (Å²) in [4.78, 5) is 0. The summed E-state index contributed by atoms with van der Waals surface area (Å²) in [5.74, 6) is 1.42. The van der Waals surface area contributed by atoms with Gasteiger partial charge in [0.2, 0.25) is 0 Å². The number of halogens is 1. The van der Waals surface area contributed by atoms with E-state index in [2.05, 4.69) is 19.2 Å². The molecule has 0 spiro atoms. The largest absolute Gasteiger partial charge is 0.387 e. The fraction of sp³-hybridized carbons (Fsp3) is 0.647. The molecule has 0 amide bonds. The second-order valence-electron chi connectivity index (χ2n) is 6.24. The lowest BCUT2D eigenvalue weighted by atomic mass is 9.78. The fourth-order valence-corrected chi connectivity index (χ4v) is 3.59. The van der Waals surface area contributed by atoms with Crippen LogP contribution in [-0.2, 0) is 0 Å². The standard InChI is InChI=1S/C17H26ClNO/c1-12(2)13-7-4-6-10-16(13)19-11-17(20)14-8-3-5-9-15(14)18/h3,5,8-9,12-13,16-17,19-20H,4,6-7,10-11H2,1-2H3. The molecule has 1 aliphatic carbocycles. The Bertz CT molecular complexity index is 421. The zero-order valence-corrected chi connectivity index (χ0v) is 13.2. The number of aliphatic hydroxyl groups is 1. The van der Waals surface area contributed by atoms with Gasteiger partial charge in [0.05, 0.1) is 6.10 Å². The summed E-state index contributed by atoms with van der Waals surface area (Å²) in [7, 11) is 0. The van der Waals surface area contributed by atoms with Crippen molar-refractivity contribution in [2.24, 2.45) is 11.8 Å². The minimum absolute atomic E-state index is 0.529. The molecule has 1 aromatic carbocycles. The quantitative estimate of drug-likeness (QED) is 0.854. The maximum atomic E-state index is 10.3. The molecule has 3 heteroatoms. The van der Waals surface area contributed by atoms with E-state index in [1.807, 2.05) is 24.3 Å². The van der Waals surface area contributed by atoms with Crippen molar-refractivity contribution in [2.75, 3.05) is 6.54 Å². The van der Waals surface area contributed by atoms with Crippen molar-refractivity contribution in [1.82, 2.24) is 5.32 Å². The molecule has 0 radical (unpaired) electrons. The van der Waals surface area contributed by atoms with E-state index < -0.39 is 6.10 Å². The van der Waals surface area contributed by atoms with Crippen LogP contribution in [0.4, 0.5) is 0 Å². The summed E-state index contributed by atoms with van der Waals surface area (Å²) in [6.07, 6.45) is 4.63. The number of hydrogen-bond donors (Lipinski definition) is 2. The van der Waals surface area contributed by atoms with E-state index in [4.69, 9.17) is 11.6 Å². The Labute approximate surface area is 127 Å². The average molecular weight is 296 g/mol. The van der Waals surface area contributed by atoms with E-state index in [0.717, 1.165) is 11.5 Å². The van der Waals surface area contributed by atoms with E-state index >= 15 is 0 Å². The van der Waals surface area contributed by atoms with Crippen molar-refractivity contribution in [3.05, 3.63) is 34.9 Å². The van der Waals surface area contributed by atoms with Crippen molar-refractivity contribution >= 4 is 11.6 Å². The van der Waals surface area contributed by atoms with Gasteiger partial charge in [-0.2, -0.15) is 0 Å². The summed E-state index contributed by atoms with van der Waals surface area (Å²) < 4.78 is 0. The van der Waals surface area contributed by atoms with Crippen molar-refractivity contribution in [1.29, 1.82) is 0 Å². The highest BCUT2D eigenvalue weighted by Crippen LogP contribution is 2.30. The first kappa shape index (κ1) is 15.8. The van der Waals surface area contributed by atoms with Gasteiger partial charge in [0, 0.05) is 23.2 Å². The molecule has 20 heavy (non-hydrogen) atoms. The zero-order chi connectivity index (χ0) is 14.5. The number of aliphatic hydroxyl groups excluding tert-OH is 1. The summed E-state index contributed by atoms with van der Waals surface area (Å²) in [6, 6.07) is 8.07. The lowest BCUT2D eigenvalue weighted by molar-refractivity contribution is 0.144. The maximum Gasteiger partial charge on any atom is 0.0928 e. The van der Waals surface area contributed by atoms with Crippen LogP contribution in [0.1, 0.15) is 51.2 Å². The van der Waals surface area contributed by atoms with E-state index in [0.29, 0.717) is 23.5 Å². The molecule has 3 atom stereocenters. The molecule has 1 aliphatic rings. The second-order valence-corrected chi connectivity index (χ2v) is 6.65. The van der Waals surface area contributed by atoms with Gasteiger partial charge < -0.3 is 10.4 Å². The Kier molecular flexibility index (Phi) is 5.88. The van der Waals surface area contributed by atoms with Crippen molar-refractivity contribution in [2.45, 2.75) is 51.7 Å². The molecule has 0 aromatic heterocycles. The molecule has 2 rings (SSSR count). The number of hydrogen-bond acceptors (Lipinski definition) is 2. The van der Waals surface area contributed by atoms with Crippen molar-refractivity contribution in [3.8, 4) is 0 Å². The molecule has 0 saturated heterocycles. The third kappa shape index (κ3) is 3.97. The SMILES string of the molecule is CC(C)C1CCCCC1NCC(O)c1ccccc1Cl. The molecule has 0 bridgehead atoms. The van der Waals surface area contributed by atoms with E-state index in [-0.39, 0.29) is 0 Å². The predicted molar refractivity (Wildman–Crippen MR) is 85.0 cm³/mol. The van der Waals surface area contributed by atoms with Gasteiger partial charge in [0.25, 0.3) is 0 Å². The van der Waals surface area contributed by atoms with Gasteiger partial charge >= 0.3 is 0 Å². The van der Waals surface area contributed by atoms with Crippen molar-refractivity contribution in [3.63, 3.8) is 0 Å². The minimum atomic E-state index is -0.529. The molecule has 0 aliphatic heterocycles. The Morgan fingerprint density at radius 1 is 1.25 bits per heavy atom. The maximum absolute atomic E-state index is 10.3. The molecule has 2 nitrogen and oxygen atoms in total. The van der Waals surface area contributed by atoms with Gasteiger partial charge in [0.1, 0.15) is 0 Å². The molecule has 2 N–H and O–H groups in total. The van der Waals surface area contributed by atoms with Crippen LogP contribution in [-0.4, -0.2) is 17.7 Å². The van der Waals surface area contributed by atoms with Gasteiger partial charge in [-0.1, -0.05) is 56.5 Å².